The predicted molar refractivity (Wildman–Crippen MR) is 85.8 cm³/mol. The van der Waals surface area contributed by atoms with Crippen molar-refractivity contribution in [2.24, 2.45) is 5.92 Å². The van der Waals surface area contributed by atoms with E-state index in [1.807, 2.05) is 33.2 Å². The summed E-state index contributed by atoms with van der Waals surface area (Å²) in [6.45, 7) is 2.89. The van der Waals surface area contributed by atoms with E-state index >= 15 is 0 Å². The van der Waals surface area contributed by atoms with Gasteiger partial charge in [0.25, 0.3) is 0 Å². The number of nitrogens with one attached hydrogen (secondary N) is 1. The van der Waals surface area contributed by atoms with E-state index in [0.29, 0.717) is 10.8 Å². The van der Waals surface area contributed by atoms with E-state index in [2.05, 4.69) is 9.62 Å². The van der Waals surface area contributed by atoms with Crippen molar-refractivity contribution in [1.29, 1.82) is 0 Å². The summed E-state index contributed by atoms with van der Waals surface area (Å²) in [5.74, 6) is 0.397. The van der Waals surface area contributed by atoms with E-state index in [-0.39, 0.29) is 6.04 Å². The molecule has 21 heavy (non-hydrogen) atoms. The van der Waals surface area contributed by atoms with Gasteiger partial charge in [0.15, 0.2) is 0 Å². The van der Waals surface area contributed by atoms with Crippen LogP contribution in [-0.4, -0.2) is 40.0 Å². The Hall–Kier alpha value is -0.910. The fraction of sp³-hybridized carbons (Fsp3) is 0.625. The summed E-state index contributed by atoms with van der Waals surface area (Å²) in [6.07, 6.45) is 4.33. The summed E-state index contributed by atoms with van der Waals surface area (Å²) in [5.41, 5.74) is 1.07. The monoisotopic (exact) mass is 310 g/mol. The van der Waals surface area contributed by atoms with Gasteiger partial charge in [-0.3, -0.25) is 0 Å². The highest BCUT2D eigenvalue weighted by molar-refractivity contribution is 7.89. The molecule has 0 radical (unpaired) electrons. The van der Waals surface area contributed by atoms with Crippen molar-refractivity contribution in [2.75, 3.05) is 20.6 Å². The van der Waals surface area contributed by atoms with Crippen LogP contribution in [-0.2, 0) is 10.0 Å². The lowest BCUT2D eigenvalue weighted by Crippen LogP contribution is -2.45. The molecule has 1 N–H and O–H groups in total. The second-order valence-corrected chi connectivity index (χ2v) is 8.06. The Morgan fingerprint density at radius 1 is 1.14 bits per heavy atom. The van der Waals surface area contributed by atoms with Crippen LogP contribution in [0.5, 0.6) is 0 Å². The number of benzene rings is 1. The zero-order valence-corrected chi connectivity index (χ0v) is 14.0. The second-order valence-electron chi connectivity index (χ2n) is 6.35. The third kappa shape index (κ3) is 4.53. The van der Waals surface area contributed by atoms with Crippen molar-refractivity contribution >= 4 is 10.0 Å². The van der Waals surface area contributed by atoms with Gasteiger partial charge in [-0.05, 0) is 51.9 Å². The molecule has 1 aliphatic carbocycles. The summed E-state index contributed by atoms with van der Waals surface area (Å²) in [5, 5.41) is 0. The van der Waals surface area contributed by atoms with E-state index < -0.39 is 10.0 Å². The topological polar surface area (TPSA) is 49.4 Å². The highest BCUT2D eigenvalue weighted by atomic mass is 32.2. The molecule has 1 aliphatic rings. The molecule has 1 saturated carbocycles. The molecule has 5 heteroatoms. The van der Waals surface area contributed by atoms with Gasteiger partial charge in [0.2, 0.25) is 10.0 Å². The van der Waals surface area contributed by atoms with Crippen LogP contribution in [0.1, 0.15) is 31.2 Å². The molecule has 0 spiro atoms. The molecule has 2 rings (SSSR count). The number of sulfonamides is 1. The van der Waals surface area contributed by atoms with Crippen molar-refractivity contribution in [3.8, 4) is 0 Å². The zero-order chi connectivity index (χ0) is 15.5. The Labute approximate surface area is 128 Å². The summed E-state index contributed by atoms with van der Waals surface area (Å²) in [7, 11) is 0.670. The lowest BCUT2D eigenvalue weighted by molar-refractivity contribution is 0.224. The van der Waals surface area contributed by atoms with Gasteiger partial charge in [-0.15, -0.1) is 0 Å². The summed E-state index contributed by atoms with van der Waals surface area (Å²) in [6, 6.07) is 7.09. The lowest BCUT2D eigenvalue weighted by atomic mass is 9.85. The molecule has 1 fully saturated rings. The Morgan fingerprint density at radius 2 is 1.76 bits per heavy atom. The standard InChI is InChI=1S/C16H26N2O2S/c1-13-8-10-15(11-9-13)21(19,20)17-16-7-5-4-6-14(16)12-18(2)3/h8-11,14,16-17H,4-7,12H2,1-3H3/t14-,16-/m0/s1. The molecule has 4 nitrogen and oxygen atoms in total. The summed E-state index contributed by atoms with van der Waals surface area (Å²) in [4.78, 5) is 2.51. The first kappa shape index (κ1) is 16.5. The Kier molecular flexibility index (Phi) is 5.41. The average molecular weight is 310 g/mol. The fourth-order valence-corrected chi connectivity index (χ4v) is 4.37. The fourth-order valence-electron chi connectivity index (χ4n) is 3.04. The Bertz CT molecular complexity index is 552. The average Bonchev–Trinajstić information content (AvgIpc) is 2.40. The van der Waals surface area contributed by atoms with Crippen LogP contribution >= 0.6 is 0 Å². The number of nitrogens with zero attached hydrogens (tertiary/aromatic N) is 1. The highest BCUT2D eigenvalue weighted by Crippen LogP contribution is 2.26. The highest BCUT2D eigenvalue weighted by Gasteiger charge is 2.29. The summed E-state index contributed by atoms with van der Waals surface area (Å²) < 4.78 is 28.0. The summed E-state index contributed by atoms with van der Waals surface area (Å²) >= 11 is 0. The van der Waals surface area contributed by atoms with Crippen LogP contribution in [0.3, 0.4) is 0 Å². The van der Waals surface area contributed by atoms with Gasteiger partial charge in [0.05, 0.1) is 4.90 Å². The first-order valence-electron chi connectivity index (χ1n) is 7.62. The molecule has 1 aromatic rings. The van der Waals surface area contributed by atoms with Crippen LogP contribution in [0.4, 0.5) is 0 Å². The first-order valence-corrected chi connectivity index (χ1v) is 9.10. The number of hydrogen-bond acceptors (Lipinski definition) is 3. The second kappa shape index (κ2) is 6.90. The van der Waals surface area contributed by atoms with Crippen molar-refractivity contribution in [1.82, 2.24) is 9.62 Å². The molecule has 0 aromatic heterocycles. The van der Waals surface area contributed by atoms with Gasteiger partial charge in [-0.2, -0.15) is 0 Å². The molecule has 0 amide bonds. The maximum atomic E-state index is 12.5. The van der Waals surface area contributed by atoms with Gasteiger partial charge in [0, 0.05) is 12.6 Å². The number of aryl methyl sites for hydroxylation is 1. The van der Waals surface area contributed by atoms with Crippen LogP contribution in [0.2, 0.25) is 0 Å². The van der Waals surface area contributed by atoms with E-state index in [1.165, 1.54) is 6.42 Å². The molecule has 2 atom stereocenters. The largest absolute Gasteiger partial charge is 0.309 e. The van der Waals surface area contributed by atoms with Crippen LogP contribution in [0.25, 0.3) is 0 Å². The van der Waals surface area contributed by atoms with Crippen molar-refractivity contribution in [2.45, 2.75) is 43.5 Å². The van der Waals surface area contributed by atoms with E-state index in [1.54, 1.807) is 12.1 Å². The van der Waals surface area contributed by atoms with Crippen molar-refractivity contribution < 1.29 is 8.42 Å². The molecule has 0 bridgehead atoms. The van der Waals surface area contributed by atoms with Gasteiger partial charge in [0.1, 0.15) is 0 Å². The van der Waals surface area contributed by atoms with E-state index in [4.69, 9.17) is 0 Å². The number of rotatable bonds is 5. The molecule has 0 saturated heterocycles. The minimum absolute atomic E-state index is 0.0486. The molecule has 118 valence electrons. The molecular weight excluding hydrogens is 284 g/mol. The molecule has 0 aliphatic heterocycles. The van der Waals surface area contributed by atoms with Crippen LogP contribution < -0.4 is 4.72 Å². The number of hydrogen-bond donors (Lipinski definition) is 1. The Morgan fingerprint density at radius 3 is 2.38 bits per heavy atom. The SMILES string of the molecule is Cc1ccc(S(=O)(=O)N[C@H]2CCCC[C@H]2CN(C)C)cc1. The molecule has 1 aromatic carbocycles. The first-order chi connectivity index (χ1) is 9.88. The maximum Gasteiger partial charge on any atom is 0.240 e. The minimum Gasteiger partial charge on any atom is -0.309 e. The van der Waals surface area contributed by atoms with Crippen LogP contribution in [0.15, 0.2) is 29.2 Å². The quantitative estimate of drug-likeness (QED) is 0.908. The van der Waals surface area contributed by atoms with Gasteiger partial charge in [-0.1, -0.05) is 30.5 Å². The lowest BCUT2D eigenvalue weighted by Gasteiger charge is -2.33. The molecule has 0 heterocycles. The minimum atomic E-state index is -3.41. The van der Waals surface area contributed by atoms with Crippen molar-refractivity contribution in [3.63, 3.8) is 0 Å². The van der Waals surface area contributed by atoms with Crippen LogP contribution in [0, 0.1) is 12.8 Å². The Balaban J connectivity index is 2.12. The van der Waals surface area contributed by atoms with E-state index in [9.17, 15) is 8.42 Å². The van der Waals surface area contributed by atoms with Gasteiger partial charge >= 0.3 is 0 Å². The smallest absolute Gasteiger partial charge is 0.240 e. The molecular formula is C16H26N2O2S. The third-order valence-electron chi connectivity index (χ3n) is 4.15. The van der Waals surface area contributed by atoms with Gasteiger partial charge < -0.3 is 4.90 Å². The molecule has 0 unspecified atom stereocenters. The zero-order valence-electron chi connectivity index (χ0n) is 13.2. The maximum absolute atomic E-state index is 12.5. The van der Waals surface area contributed by atoms with Crippen molar-refractivity contribution in [3.05, 3.63) is 29.8 Å². The normalized spacial score (nSPS) is 23.4. The third-order valence-corrected chi connectivity index (χ3v) is 5.65. The van der Waals surface area contributed by atoms with Gasteiger partial charge in [-0.25, -0.2) is 13.1 Å². The predicted octanol–water partition coefficient (Wildman–Crippen LogP) is 2.39. The van der Waals surface area contributed by atoms with E-state index in [0.717, 1.165) is 31.4 Å².